The molecule has 2 amide bonds. The molecule has 1 aliphatic rings. The molecule has 0 spiro atoms. The lowest BCUT2D eigenvalue weighted by Crippen LogP contribution is -2.42. The van der Waals surface area contributed by atoms with Gasteiger partial charge < -0.3 is 9.64 Å². The van der Waals surface area contributed by atoms with E-state index in [1.165, 1.54) is 12.1 Å². The Morgan fingerprint density at radius 1 is 1.23 bits per heavy atom. The molecule has 3 N–H and O–H groups in total. The number of aryl methyl sites for hydroxylation is 1. The van der Waals surface area contributed by atoms with E-state index in [4.69, 9.17) is 27.9 Å². The molecule has 2 heterocycles. The molecule has 1 aliphatic heterocycles. The number of nitrogens with zero attached hydrogens (tertiary/aromatic N) is 2. The van der Waals surface area contributed by atoms with Crippen LogP contribution in [0.2, 0.25) is 10.0 Å². The largest absolute Gasteiger partial charge is 0.378 e. The normalized spacial score (nSPS) is 13.8. The molecule has 0 aliphatic carbocycles. The maximum absolute atomic E-state index is 12.5. The summed E-state index contributed by atoms with van der Waals surface area (Å²) >= 11 is 11.8. The fourth-order valence-electron chi connectivity index (χ4n) is 2.98. The van der Waals surface area contributed by atoms with Crippen molar-refractivity contribution in [1.82, 2.24) is 20.8 Å². The number of carbonyl (C=O) groups is 2. The molecule has 0 saturated carbocycles. The Hall–Kier alpha value is -2.62. The van der Waals surface area contributed by atoms with Crippen LogP contribution >= 0.6 is 23.2 Å². The molecule has 2 aromatic rings. The summed E-state index contributed by atoms with van der Waals surface area (Å²) in [5.41, 5.74) is 5.42. The third-order valence-electron chi connectivity index (χ3n) is 4.61. The van der Waals surface area contributed by atoms with Crippen molar-refractivity contribution < 1.29 is 14.3 Å². The summed E-state index contributed by atoms with van der Waals surface area (Å²) in [4.78, 5) is 45.9. The average Bonchev–Trinajstić information content (AvgIpc) is 2.73. The number of H-pyrrole nitrogens is 1. The Labute approximate surface area is 182 Å². The molecule has 0 atom stereocenters. The predicted octanol–water partition coefficient (Wildman–Crippen LogP) is 1.62. The molecule has 1 fully saturated rings. The summed E-state index contributed by atoms with van der Waals surface area (Å²) < 4.78 is 5.30. The molecule has 0 unspecified atom stereocenters. The van der Waals surface area contributed by atoms with Crippen molar-refractivity contribution in [2.75, 3.05) is 31.2 Å². The standard InChI is InChI=1S/C19H21Cl2N5O4/c1-11-13(17(28)23-19(22-11)26-6-8-30-9-7-26)3-5-16(27)24-25-18(29)14-10-12(20)2-4-15(14)21/h2,4,10H,3,5-9H2,1H3,(H,24,27)(H,25,29)(H,22,23,28). The predicted molar refractivity (Wildman–Crippen MR) is 113 cm³/mol. The topological polar surface area (TPSA) is 116 Å². The number of hydrogen-bond donors (Lipinski definition) is 3. The van der Waals surface area contributed by atoms with Gasteiger partial charge in [-0.2, -0.15) is 0 Å². The van der Waals surface area contributed by atoms with Crippen molar-refractivity contribution in [1.29, 1.82) is 0 Å². The summed E-state index contributed by atoms with van der Waals surface area (Å²) in [5, 5.41) is 0.554. The quantitative estimate of drug-likeness (QED) is 0.592. The van der Waals surface area contributed by atoms with Crippen LogP contribution in [0.3, 0.4) is 0 Å². The molecule has 3 rings (SSSR count). The number of aromatic nitrogens is 2. The number of amides is 2. The van der Waals surface area contributed by atoms with Gasteiger partial charge in [0.1, 0.15) is 0 Å². The Morgan fingerprint density at radius 3 is 2.67 bits per heavy atom. The first kappa shape index (κ1) is 22.1. The van der Waals surface area contributed by atoms with Crippen LogP contribution < -0.4 is 21.3 Å². The van der Waals surface area contributed by atoms with E-state index in [1.54, 1.807) is 13.0 Å². The smallest absolute Gasteiger partial charge is 0.271 e. The highest BCUT2D eigenvalue weighted by Crippen LogP contribution is 2.20. The van der Waals surface area contributed by atoms with Crippen molar-refractivity contribution >= 4 is 41.0 Å². The van der Waals surface area contributed by atoms with Gasteiger partial charge in [-0.25, -0.2) is 4.98 Å². The first-order valence-corrected chi connectivity index (χ1v) is 10.1. The second-order valence-electron chi connectivity index (χ2n) is 6.68. The number of hydrazine groups is 1. The number of benzene rings is 1. The van der Waals surface area contributed by atoms with Crippen molar-refractivity contribution in [2.24, 2.45) is 0 Å². The highest BCUT2D eigenvalue weighted by atomic mass is 35.5. The van der Waals surface area contributed by atoms with Gasteiger partial charge in [0.15, 0.2) is 0 Å². The minimum Gasteiger partial charge on any atom is -0.378 e. The zero-order valence-corrected chi connectivity index (χ0v) is 17.8. The van der Waals surface area contributed by atoms with Crippen molar-refractivity contribution in [3.05, 3.63) is 55.4 Å². The molecule has 11 heteroatoms. The van der Waals surface area contributed by atoms with E-state index in [9.17, 15) is 14.4 Å². The summed E-state index contributed by atoms with van der Waals surface area (Å²) in [7, 11) is 0. The van der Waals surface area contributed by atoms with Crippen molar-refractivity contribution in [2.45, 2.75) is 19.8 Å². The summed E-state index contributed by atoms with van der Waals surface area (Å²) in [6.45, 7) is 4.20. The Balaban J connectivity index is 1.56. The van der Waals surface area contributed by atoms with Gasteiger partial charge in [0.05, 0.1) is 23.8 Å². The lowest BCUT2D eigenvalue weighted by atomic mass is 10.1. The number of morpholine rings is 1. The molecule has 160 valence electrons. The highest BCUT2D eigenvalue weighted by molar-refractivity contribution is 6.35. The van der Waals surface area contributed by atoms with Gasteiger partial charge >= 0.3 is 0 Å². The summed E-state index contributed by atoms with van der Waals surface area (Å²) in [5.74, 6) is -0.557. The zero-order chi connectivity index (χ0) is 21.7. The second-order valence-corrected chi connectivity index (χ2v) is 7.52. The molecule has 1 aromatic heterocycles. The van der Waals surface area contributed by atoms with Gasteiger partial charge in [-0.1, -0.05) is 23.2 Å². The van der Waals surface area contributed by atoms with Crippen LogP contribution in [0, 0.1) is 6.92 Å². The maximum atomic E-state index is 12.5. The van der Waals surface area contributed by atoms with Crippen LogP contribution in [-0.2, 0) is 16.0 Å². The number of nitrogens with one attached hydrogen (secondary N) is 3. The fraction of sp³-hybridized carbons (Fsp3) is 0.368. The van der Waals surface area contributed by atoms with Gasteiger partial charge in [0.2, 0.25) is 11.9 Å². The van der Waals surface area contributed by atoms with Gasteiger partial charge in [0, 0.05) is 35.8 Å². The van der Waals surface area contributed by atoms with Crippen LogP contribution in [0.1, 0.15) is 28.0 Å². The number of carbonyl (C=O) groups excluding carboxylic acids is 2. The number of ether oxygens (including phenoxy) is 1. The molecular formula is C19H21Cl2N5O4. The molecular weight excluding hydrogens is 433 g/mol. The lowest BCUT2D eigenvalue weighted by molar-refractivity contribution is -0.121. The van der Waals surface area contributed by atoms with Crippen molar-refractivity contribution in [3.8, 4) is 0 Å². The first-order chi connectivity index (χ1) is 14.3. The maximum Gasteiger partial charge on any atom is 0.271 e. The number of rotatable bonds is 5. The molecule has 30 heavy (non-hydrogen) atoms. The molecule has 1 aromatic carbocycles. The molecule has 9 nitrogen and oxygen atoms in total. The fourth-order valence-corrected chi connectivity index (χ4v) is 3.36. The first-order valence-electron chi connectivity index (χ1n) is 9.32. The second kappa shape index (κ2) is 9.92. The van der Waals surface area contributed by atoms with Gasteiger partial charge in [-0.3, -0.25) is 30.2 Å². The number of anilines is 1. The van der Waals surface area contributed by atoms with E-state index in [1.807, 2.05) is 4.90 Å². The third kappa shape index (κ3) is 5.50. The molecule has 0 radical (unpaired) electrons. The van der Waals surface area contributed by atoms with Gasteiger partial charge in [-0.15, -0.1) is 0 Å². The Bertz CT molecular complexity index is 1000. The van der Waals surface area contributed by atoms with E-state index >= 15 is 0 Å². The average molecular weight is 454 g/mol. The third-order valence-corrected chi connectivity index (χ3v) is 5.18. The summed E-state index contributed by atoms with van der Waals surface area (Å²) in [6, 6.07) is 4.44. The van der Waals surface area contributed by atoms with Crippen LogP contribution in [0.15, 0.2) is 23.0 Å². The number of aromatic amines is 1. The SMILES string of the molecule is Cc1nc(N2CCOCC2)[nH]c(=O)c1CCC(=O)NNC(=O)c1cc(Cl)ccc1Cl. The molecule has 0 bridgehead atoms. The minimum atomic E-state index is -0.596. The number of hydrogen-bond acceptors (Lipinski definition) is 6. The van der Waals surface area contributed by atoms with E-state index in [2.05, 4.69) is 20.8 Å². The Kier molecular flexibility index (Phi) is 7.30. The van der Waals surface area contributed by atoms with Crippen LogP contribution in [-0.4, -0.2) is 48.1 Å². The number of halogens is 2. The van der Waals surface area contributed by atoms with Crippen LogP contribution in [0.5, 0.6) is 0 Å². The van der Waals surface area contributed by atoms with E-state index in [0.717, 1.165) is 0 Å². The Morgan fingerprint density at radius 2 is 1.97 bits per heavy atom. The van der Waals surface area contributed by atoms with E-state index in [-0.39, 0.29) is 29.0 Å². The van der Waals surface area contributed by atoms with Gasteiger partial charge in [-0.05, 0) is 31.5 Å². The van der Waals surface area contributed by atoms with E-state index < -0.39 is 11.8 Å². The zero-order valence-electron chi connectivity index (χ0n) is 16.3. The van der Waals surface area contributed by atoms with E-state index in [0.29, 0.717) is 48.5 Å². The van der Waals surface area contributed by atoms with Crippen LogP contribution in [0.25, 0.3) is 0 Å². The van der Waals surface area contributed by atoms with Gasteiger partial charge in [0.25, 0.3) is 11.5 Å². The molecule has 1 saturated heterocycles. The highest BCUT2D eigenvalue weighted by Gasteiger charge is 2.17. The van der Waals surface area contributed by atoms with Crippen molar-refractivity contribution in [3.63, 3.8) is 0 Å². The summed E-state index contributed by atoms with van der Waals surface area (Å²) in [6.07, 6.45) is 0.170. The lowest BCUT2D eigenvalue weighted by Gasteiger charge is -2.27. The monoisotopic (exact) mass is 453 g/mol. The van der Waals surface area contributed by atoms with Crippen LogP contribution in [0.4, 0.5) is 5.95 Å². The minimum absolute atomic E-state index is 0.00788.